The van der Waals surface area contributed by atoms with Gasteiger partial charge >= 0.3 is 0 Å². The van der Waals surface area contributed by atoms with Crippen molar-refractivity contribution in [3.8, 4) is 0 Å². The molecular weight excluding hydrogens is 190 g/mol. The van der Waals surface area contributed by atoms with Gasteiger partial charge in [-0.2, -0.15) is 0 Å². The van der Waals surface area contributed by atoms with Gasteiger partial charge in [0.2, 0.25) is 0 Å². The molecule has 2 heterocycles. The van der Waals surface area contributed by atoms with E-state index in [-0.39, 0.29) is 11.4 Å². The molecule has 0 atom stereocenters. The highest BCUT2D eigenvalue weighted by Crippen LogP contribution is 2.41. The largest absolute Gasteiger partial charge is 0.365 e. The molecule has 3 rings (SSSR count). The molecule has 2 aliphatic heterocycles. The average Bonchev–Trinajstić information content (AvgIpc) is 2.61. The van der Waals surface area contributed by atoms with Crippen molar-refractivity contribution in [2.45, 2.75) is 24.9 Å². The van der Waals surface area contributed by atoms with Crippen molar-refractivity contribution in [3.05, 3.63) is 23.3 Å². The van der Waals surface area contributed by atoms with Crippen LogP contribution in [0.25, 0.3) is 0 Å². The lowest BCUT2D eigenvalue weighted by molar-refractivity contribution is -0.115. The van der Waals surface area contributed by atoms with Crippen LogP contribution >= 0.6 is 0 Å². The summed E-state index contributed by atoms with van der Waals surface area (Å²) in [5.41, 5.74) is 1.95. The van der Waals surface area contributed by atoms with Gasteiger partial charge in [-0.1, -0.05) is 12.2 Å². The molecule has 1 saturated heterocycles. The van der Waals surface area contributed by atoms with Gasteiger partial charge in [0.1, 0.15) is 0 Å². The van der Waals surface area contributed by atoms with Crippen LogP contribution in [0.2, 0.25) is 0 Å². The van der Waals surface area contributed by atoms with Crippen molar-refractivity contribution >= 4 is 5.78 Å². The van der Waals surface area contributed by atoms with E-state index >= 15 is 0 Å². The number of ketones is 1. The van der Waals surface area contributed by atoms with Gasteiger partial charge in [0.05, 0.1) is 12.2 Å². The second kappa shape index (κ2) is 3.29. The summed E-state index contributed by atoms with van der Waals surface area (Å²) in [6.45, 7) is 2.50. The summed E-state index contributed by atoms with van der Waals surface area (Å²) >= 11 is 0. The van der Waals surface area contributed by atoms with Crippen molar-refractivity contribution in [1.82, 2.24) is 5.32 Å². The number of nitrogens with one attached hydrogen (secondary N) is 1. The number of Topliss-reactive ketones (excluding diaryl/α,β-unsaturated/α-hetero) is 1. The van der Waals surface area contributed by atoms with E-state index in [9.17, 15) is 4.79 Å². The number of ether oxygens (including phenoxy) is 1. The molecule has 0 aromatic heterocycles. The molecule has 1 N–H and O–H groups in total. The molecule has 0 aromatic carbocycles. The van der Waals surface area contributed by atoms with Crippen molar-refractivity contribution in [2.24, 2.45) is 0 Å². The summed E-state index contributed by atoms with van der Waals surface area (Å²) in [5.74, 6) is 0.253. The molecule has 1 aliphatic carbocycles. The number of hydrogen-bond acceptors (Lipinski definition) is 3. The lowest BCUT2D eigenvalue weighted by Crippen LogP contribution is -2.43. The minimum absolute atomic E-state index is 0.146. The SMILES string of the molecule is O=C1CC=CC2=C1COC21CCNCC1. The second-order valence-corrected chi connectivity index (χ2v) is 4.45. The van der Waals surface area contributed by atoms with Crippen molar-refractivity contribution < 1.29 is 9.53 Å². The third-order valence-electron chi connectivity index (χ3n) is 3.64. The van der Waals surface area contributed by atoms with Gasteiger partial charge in [-0.05, 0) is 31.5 Å². The summed E-state index contributed by atoms with van der Waals surface area (Å²) in [6.07, 6.45) is 6.61. The number of carbonyl (C=O) groups is 1. The Hall–Kier alpha value is -0.930. The molecular formula is C12H15NO2. The van der Waals surface area contributed by atoms with Crippen LogP contribution in [-0.2, 0) is 9.53 Å². The summed E-state index contributed by atoms with van der Waals surface area (Å²) < 4.78 is 5.91. The lowest BCUT2D eigenvalue weighted by atomic mass is 9.81. The second-order valence-electron chi connectivity index (χ2n) is 4.45. The minimum Gasteiger partial charge on any atom is -0.365 e. The first-order chi connectivity index (χ1) is 7.32. The highest BCUT2D eigenvalue weighted by Gasteiger charge is 2.43. The number of piperidine rings is 1. The van der Waals surface area contributed by atoms with Crippen molar-refractivity contribution in [3.63, 3.8) is 0 Å². The van der Waals surface area contributed by atoms with E-state index in [1.165, 1.54) is 5.57 Å². The Morgan fingerprint density at radius 2 is 2.13 bits per heavy atom. The maximum atomic E-state index is 11.7. The van der Waals surface area contributed by atoms with Crippen LogP contribution in [0.5, 0.6) is 0 Å². The monoisotopic (exact) mass is 205 g/mol. The van der Waals surface area contributed by atoms with E-state index in [1.807, 2.05) is 6.08 Å². The summed E-state index contributed by atoms with van der Waals surface area (Å²) in [5, 5.41) is 3.33. The van der Waals surface area contributed by atoms with E-state index in [2.05, 4.69) is 11.4 Å². The first kappa shape index (κ1) is 9.31. The van der Waals surface area contributed by atoms with E-state index in [0.29, 0.717) is 13.0 Å². The molecule has 0 aromatic rings. The summed E-state index contributed by atoms with van der Waals surface area (Å²) in [7, 11) is 0. The molecule has 1 spiro atoms. The fourth-order valence-electron chi connectivity index (χ4n) is 2.78. The molecule has 3 aliphatic rings. The predicted octanol–water partition coefficient (Wildman–Crippen LogP) is 0.964. The quantitative estimate of drug-likeness (QED) is 0.640. The normalized spacial score (nSPS) is 28.7. The van der Waals surface area contributed by atoms with Gasteiger partial charge in [0.25, 0.3) is 0 Å². The Kier molecular flexibility index (Phi) is 2.04. The Bertz CT molecular complexity index is 362. The fourth-order valence-corrected chi connectivity index (χ4v) is 2.78. The zero-order chi connectivity index (χ0) is 10.3. The van der Waals surface area contributed by atoms with Crippen LogP contribution in [-0.4, -0.2) is 31.1 Å². The topological polar surface area (TPSA) is 38.3 Å². The molecule has 0 amide bonds. The van der Waals surface area contributed by atoms with Gasteiger partial charge in [0.15, 0.2) is 5.78 Å². The molecule has 0 unspecified atom stereocenters. The Labute approximate surface area is 89.2 Å². The van der Waals surface area contributed by atoms with Crippen LogP contribution in [0.3, 0.4) is 0 Å². The molecule has 1 fully saturated rings. The van der Waals surface area contributed by atoms with E-state index in [1.54, 1.807) is 0 Å². The van der Waals surface area contributed by atoms with Gasteiger partial charge in [0, 0.05) is 12.0 Å². The molecule has 15 heavy (non-hydrogen) atoms. The first-order valence-electron chi connectivity index (χ1n) is 5.60. The molecule has 0 radical (unpaired) electrons. The summed E-state index contributed by atoms with van der Waals surface area (Å²) in [6, 6.07) is 0. The van der Waals surface area contributed by atoms with Crippen LogP contribution < -0.4 is 5.32 Å². The maximum Gasteiger partial charge on any atom is 0.165 e. The zero-order valence-electron chi connectivity index (χ0n) is 8.71. The molecule has 0 bridgehead atoms. The zero-order valence-corrected chi connectivity index (χ0v) is 8.71. The average molecular weight is 205 g/mol. The highest BCUT2D eigenvalue weighted by atomic mass is 16.5. The van der Waals surface area contributed by atoms with Crippen molar-refractivity contribution in [2.75, 3.05) is 19.7 Å². The van der Waals surface area contributed by atoms with Crippen LogP contribution in [0.4, 0.5) is 0 Å². The third kappa shape index (κ3) is 1.30. The number of hydrogen-bond donors (Lipinski definition) is 1. The number of carbonyl (C=O) groups excluding carboxylic acids is 1. The fraction of sp³-hybridized carbons (Fsp3) is 0.583. The summed E-state index contributed by atoms with van der Waals surface area (Å²) in [4.78, 5) is 11.7. The van der Waals surface area contributed by atoms with E-state index in [4.69, 9.17) is 4.74 Å². The number of rotatable bonds is 0. The molecule has 0 saturated carbocycles. The van der Waals surface area contributed by atoms with Crippen molar-refractivity contribution in [1.29, 1.82) is 0 Å². The first-order valence-corrected chi connectivity index (χ1v) is 5.60. The number of allylic oxidation sites excluding steroid dienone is 1. The molecule has 3 nitrogen and oxygen atoms in total. The third-order valence-corrected chi connectivity index (χ3v) is 3.64. The Balaban J connectivity index is 1.99. The minimum atomic E-state index is -0.146. The smallest absolute Gasteiger partial charge is 0.165 e. The maximum absolute atomic E-state index is 11.7. The predicted molar refractivity (Wildman–Crippen MR) is 56.6 cm³/mol. The Morgan fingerprint density at radius 1 is 1.33 bits per heavy atom. The van der Waals surface area contributed by atoms with Crippen LogP contribution in [0, 0.1) is 0 Å². The van der Waals surface area contributed by atoms with Gasteiger partial charge in [-0.15, -0.1) is 0 Å². The van der Waals surface area contributed by atoms with E-state index < -0.39 is 0 Å². The van der Waals surface area contributed by atoms with Crippen LogP contribution in [0.15, 0.2) is 23.3 Å². The van der Waals surface area contributed by atoms with Gasteiger partial charge in [-0.3, -0.25) is 4.79 Å². The molecule has 3 heteroatoms. The Morgan fingerprint density at radius 3 is 2.93 bits per heavy atom. The van der Waals surface area contributed by atoms with E-state index in [0.717, 1.165) is 31.5 Å². The standard InChI is InChI=1S/C12H15NO2/c14-11-3-1-2-10-9(11)8-15-12(10)4-6-13-7-5-12/h1-2,13H,3-8H2. The highest BCUT2D eigenvalue weighted by molar-refractivity contribution is 5.99. The van der Waals surface area contributed by atoms with Gasteiger partial charge < -0.3 is 10.1 Å². The molecule has 80 valence electrons. The lowest BCUT2D eigenvalue weighted by Gasteiger charge is -2.35. The van der Waals surface area contributed by atoms with Crippen LogP contribution in [0.1, 0.15) is 19.3 Å². The number of fused-ring (bicyclic) bond motifs is 1. The van der Waals surface area contributed by atoms with Gasteiger partial charge in [-0.25, -0.2) is 0 Å².